The molecule has 4 atom stereocenters. The first kappa shape index (κ1) is 29.6. The maximum atomic E-state index is 9.89. The molecule has 1 aromatic heterocycles. The summed E-state index contributed by atoms with van der Waals surface area (Å²) >= 11 is 3.64. The molecule has 1 aliphatic heterocycles. The summed E-state index contributed by atoms with van der Waals surface area (Å²) in [4.78, 5) is 8.47. The monoisotopic (exact) mass is 579 g/mol. The number of aromatic nitrogens is 1. The summed E-state index contributed by atoms with van der Waals surface area (Å²) < 4.78 is 9.89. The maximum absolute atomic E-state index is 9.89. The van der Waals surface area contributed by atoms with E-state index in [2.05, 4.69) is 72.9 Å². The van der Waals surface area contributed by atoms with Crippen LogP contribution in [0.3, 0.4) is 0 Å². The van der Waals surface area contributed by atoms with Gasteiger partial charge in [-0.25, -0.2) is 4.98 Å². The van der Waals surface area contributed by atoms with E-state index in [-0.39, 0.29) is 12.2 Å². The Hall–Kier alpha value is -1.90. The van der Waals surface area contributed by atoms with Crippen molar-refractivity contribution in [1.29, 1.82) is 0 Å². The lowest BCUT2D eigenvalue weighted by Gasteiger charge is -2.31. The summed E-state index contributed by atoms with van der Waals surface area (Å²) in [5.41, 5.74) is 5.17. The van der Waals surface area contributed by atoms with Crippen molar-refractivity contribution in [2.45, 2.75) is 84.0 Å². The first-order valence-corrected chi connectivity index (χ1v) is 16.9. The van der Waals surface area contributed by atoms with E-state index < -0.39 is 0 Å². The molecule has 4 aliphatic rings. The number of aliphatic hydroxyl groups excluding tert-OH is 1. The molecule has 2 fully saturated rings. The summed E-state index contributed by atoms with van der Waals surface area (Å²) in [5.74, 6) is 2.56. The number of nitrogens with one attached hydrogen (secondary N) is 1. The van der Waals surface area contributed by atoms with E-state index in [1.807, 2.05) is 18.1 Å². The Balaban J connectivity index is 1.15. The number of aliphatic hydroxyl groups is 1. The van der Waals surface area contributed by atoms with Crippen molar-refractivity contribution in [2.75, 3.05) is 25.4 Å². The lowest BCUT2D eigenvalue weighted by atomic mass is 9.81. The first-order valence-electron chi connectivity index (χ1n) is 15.1. The van der Waals surface area contributed by atoms with Gasteiger partial charge in [0.1, 0.15) is 10.8 Å². The van der Waals surface area contributed by atoms with Crippen molar-refractivity contribution in [3.8, 4) is 0 Å². The van der Waals surface area contributed by atoms with Gasteiger partial charge in [-0.2, -0.15) is 0 Å². The second kappa shape index (κ2) is 14.3. The molecule has 0 bridgehead atoms. The maximum Gasteiger partial charge on any atom is 0.123 e. The van der Waals surface area contributed by atoms with Crippen molar-refractivity contribution in [3.05, 3.63) is 75.5 Å². The molecule has 0 aromatic carbocycles. The number of likely N-dealkylation sites (tertiary alicyclic amines) is 1. The third-order valence-corrected chi connectivity index (χ3v) is 10.3. The van der Waals surface area contributed by atoms with Gasteiger partial charge < -0.3 is 9.84 Å². The largest absolute Gasteiger partial charge is 0.491 e. The van der Waals surface area contributed by atoms with E-state index in [4.69, 9.17) is 9.72 Å². The van der Waals surface area contributed by atoms with Crippen LogP contribution in [0.15, 0.2) is 65.6 Å². The number of hydrogen-bond donors (Lipinski definition) is 2. The highest BCUT2D eigenvalue weighted by atomic mass is 32.2. The van der Waals surface area contributed by atoms with Crippen LogP contribution in [0.1, 0.15) is 75.6 Å². The van der Waals surface area contributed by atoms with Crippen LogP contribution in [0, 0.1) is 5.92 Å². The molecule has 7 heteroatoms. The highest BCUT2D eigenvalue weighted by Gasteiger charge is 2.26. The minimum atomic E-state index is -0.137. The number of hydrogen-bond acceptors (Lipinski definition) is 7. The zero-order chi connectivity index (χ0) is 27.9. The average molecular weight is 580 g/mol. The highest BCUT2D eigenvalue weighted by Crippen LogP contribution is 2.38. The Bertz CT molecular complexity index is 1210. The Morgan fingerprint density at radius 2 is 2.15 bits per heavy atom. The van der Waals surface area contributed by atoms with Gasteiger partial charge in [0.25, 0.3) is 0 Å². The zero-order valence-electron chi connectivity index (χ0n) is 24.3. The number of ether oxygens (including phenoxy) is 1. The van der Waals surface area contributed by atoms with Gasteiger partial charge >= 0.3 is 0 Å². The van der Waals surface area contributed by atoms with E-state index in [9.17, 15) is 5.11 Å². The van der Waals surface area contributed by atoms with Gasteiger partial charge in [0, 0.05) is 36.7 Å². The second-order valence-electron chi connectivity index (χ2n) is 11.5. The van der Waals surface area contributed by atoms with Crippen LogP contribution >= 0.6 is 23.3 Å². The number of fused-ring (bicyclic) bond motifs is 1. The molecule has 0 radical (unpaired) electrons. The lowest BCUT2D eigenvalue weighted by Crippen LogP contribution is -2.39. The molecule has 0 amide bonds. The molecule has 0 spiro atoms. The van der Waals surface area contributed by atoms with Crippen molar-refractivity contribution in [3.63, 3.8) is 0 Å². The fourth-order valence-corrected chi connectivity index (χ4v) is 7.67. The van der Waals surface area contributed by atoms with E-state index in [1.165, 1.54) is 34.4 Å². The molecule has 3 aliphatic carbocycles. The van der Waals surface area contributed by atoms with Crippen LogP contribution in [0.25, 0.3) is 11.1 Å². The molecular formula is C33H45N3O2S2. The third-order valence-electron chi connectivity index (χ3n) is 8.33. The molecule has 2 N–H and O–H groups in total. The van der Waals surface area contributed by atoms with Crippen LogP contribution in [0.5, 0.6) is 0 Å². The standard InChI is InChI=1S/C33H45N3O2S2/c1-4-24(3)38-31-12-6-10-28(18-23(31)2)33-34-21-32(40-33)27-9-5-8-25-20-29(14-13-26(25)19-27)35-39-17-16-36-15-7-11-30(37)22-36/h5,8-10,12,18-19,21,24,26,29-30,35,37H,4,6-7,11,13-17,20,22H2,1-3H3/t24?,26?,29-,30?/m0/s1. The van der Waals surface area contributed by atoms with Crippen LogP contribution in [-0.4, -0.2) is 58.6 Å². The summed E-state index contributed by atoms with van der Waals surface area (Å²) in [6, 6.07) is 0.526. The van der Waals surface area contributed by atoms with Gasteiger partial charge in [-0.1, -0.05) is 54.8 Å². The smallest absolute Gasteiger partial charge is 0.123 e. The Morgan fingerprint density at radius 3 is 3.00 bits per heavy atom. The van der Waals surface area contributed by atoms with Crippen molar-refractivity contribution >= 4 is 34.4 Å². The number of rotatable bonds is 10. The lowest BCUT2D eigenvalue weighted by molar-refractivity contribution is 0.0743. The Kier molecular flexibility index (Phi) is 10.6. The van der Waals surface area contributed by atoms with Gasteiger partial charge in [-0.05, 0) is 94.6 Å². The summed E-state index contributed by atoms with van der Waals surface area (Å²) in [6.07, 6.45) is 25.5. The molecule has 1 aromatic rings. The van der Waals surface area contributed by atoms with E-state index >= 15 is 0 Å². The Labute approximate surface area is 249 Å². The number of thiazole rings is 1. The molecule has 2 heterocycles. The highest BCUT2D eigenvalue weighted by molar-refractivity contribution is 7.97. The second-order valence-corrected chi connectivity index (χ2v) is 13.5. The van der Waals surface area contributed by atoms with Crippen LogP contribution in [0.4, 0.5) is 0 Å². The molecule has 216 valence electrons. The number of piperidine rings is 1. The molecule has 5 nitrogen and oxygen atoms in total. The topological polar surface area (TPSA) is 57.6 Å². The summed E-state index contributed by atoms with van der Waals surface area (Å²) in [6.45, 7) is 9.42. The zero-order valence-corrected chi connectivity index (χ0v) is 25.9. The molecule has 40 heavy (non-hydrogen) atoms. The third kappa shape index (κ3) is 7.89. The predicted molar refractivity (Wildman–Crippen MR) is 171 cm³/mol. The molecule has 1 saturated carbocycles. The molecule has 5 rings (SSSR count). The summed E-state index contributed by atoms with van der Waals surface area (Å²) in [7, 11) is 0. The molecule has 3 unspecified atom stereocenters. The normalized spacial score (nSPS) is 26.4. The van der Waals surface area contributed by atoms with Crippen molar-refractivity contribution < 1.29 is 9.84 Å². The van der Waals surface area contributed by atoms with E-state index in [0.29, 0.717) is 12.0 Å². The van der Waals surface area contributed by atoms with Crippen LogP contribution < -0.4 is 4.72 Å². The molecule has 1 saturated heterocycles. The first-order chi connectivity index (χ1) is 19.5. The van der Waals surface area contributed by atoms with Crippen molar-refractivity contribution in [1.82, 2.24) is 14.6 Å². The van der Waals surface area contributed by atoms with E-state index in [0.717, 1.165) is 73.8 Å². The van der Waals surface area contributed by atoms with Gasteiger partial charge in [-0.3, -0.25) is 9.62 Å². The van der Waals surface area contributed by atoms with Gasteiger partial charge in [0.2, 0.25) is 0 Å². The fourth-order valence-electron chi connectivity index (χ4n) is 5.83. The minimum Gasteiger partial charge on any atom is -0.491 e. The van der Waals surface area contributed by atoms with Gasteiger partial charge in [0.05, 0.1) is 17.1 Å². The van der Waals surface area contributed by atoms with Gasteiger partial charge in [-0.15, -0.1) is 11.3 Å². The van der Waals surface area contributed by atoms with Gasteiger partial charge in [0.15, 0.2) is 0 Å². The van der Waals surface area contributed by atoms with Crippen molar-refractivity contribution in [2.24, 2.45) is 5.92 Å². The predicted octanol–water partition coefficient (Wildman–Crippen LogP) is 7.32. The summed E-state index contributed by atoms with van der Waals surface area (Å²) in [5, 5.41) is 11.0. The SMILES string of the molecule is CCC(C)OC1=CCC=C(c2ncc(C3=CC4CC[C@H](NSCCN5CCCC(O)C5)CC4=CC=C3)s2)C=C1C. The number of allylic oxidation sites excluding steroid dienone is 10. The van der Waals surface area contributed by atoms with Crippen LogP contribution in [0.2, 0.25) is 0 Å². The van der Waals surface area contributed by atoms with Crippen LogP contribution in [-0.2, 0) is 4.74 Å². The number of β-amino-alcohol motifs (C(OH)–C–C–N with tert-alkyl or cyclic N) is 1. The Morgan fingerprint density at radius 1 is 1.25 bits per heavy atom. The minimum absolute atomic E-state index is 0.137. The van der Waals surface area contributed by atoms with E-state index in [1.54, 1.807) is 11.3 Å². The quantitative estimate of drug-likeness (QED) is 0.224. The number of nitrogens with zero attached hydrogens (tertiary/aromatic N) is 2. The molecular weight excluding hydrogens is 535 g/mol. The fraction of sp³-hybridized carbons (Fsp3) is 0.545. The average Bonchev–Trinajstić information content (AvgIpc) is 3.25.